The number of carbonyl (C=O) groups is 2. The van der Waals surface area contributed by atoms with Crippen LogP contribution in [0.5, 0.6) is 0 Å². The second-order valence-electron chi connectivity index (χ2n) is 23.5. The quantitative estimate of drug-likeness (QED) is 0.0745. The molecule has 0 aromatic rings. The predicted molar refractivity (Wildman–Crippen MR) is 228 cm³/mol. The first-order valence-electron chi connectivity index (χ1n) is 24.3. The summed E-state index contributed by atoms with van der Waals surface area (Å²) < 4.78 is 35.1. The van der Waals surface area contributed by atoms with E-state index in [9.17, 15) is 65.8 Å². The number of aliphatic carboxylic acids is 1. The van der Waals surface area contributed by atoms with Crippen molar-refractivity contribution < 1.29 is 94.2 Å². The summed E-state index contributed by atoms with van der Waals surface area (Å²) in [6.07, 6.45) is -16.9. The van der Waals surface area contributed by atoms with Crippen molar-refractivity contribution in [1.82, 2.24) is 0 Å². The summed E-state index contributed by atoms with van der Waals surface area (Å²) >= 11 is 0. The molecule has 10 N–H and O–H groups in total. The second kappa shape index (κ2) is 18.0. The van der Waals surface area contributed by atoms with Crippen LogP contribution in [0.2, 0.25) is 0 Å². The Kier molecular flexibility index (Phi) is 13.8. The molecule has 19 heteroatoms. The molecule has 3 saturated heterocycles. The van der Waals surface area contributed by atoms with Gasteiger partial charge in [0.25, 0.3) is 0 Å². The molecule has 0 amide bonds. The fraction of sp³-hybridized carbons (Fsp3) is 0.917. The molecule has 0 aromatic heterocycles. The lowest BCUT2D eigenvalue weighted by atomic mass is 9.33. The van der Waals surface area contributed by atoms with E-state index in [1.165, 1.54) is 5.57 Å². The Balaban J connectivity index is 1.03. The van der Waals surface area contributed by atoms with E-state index in [2.05, 4.69) is 54.5 Å². The normalized spacial score (nSPS) is 52.6. The van der Waals surface area contributed by atoms with E-state index in [1.54, 1.807) is 0 Å². The molecule has 3 heterocycles. The van der Waals surface area contributed by atoms with E-state index in [0.717, 1.165) is 38.5 Å². The maximum Gasteiger partial charge on any atom is 0.315 e. The highest BCUT2D eigenvalue weighted by Gasteiger charge is 2.70. The van der Waals surface area contributed by atoms with Gasteiger partial charge in [-0.05, 0) is 109 Å². The van der Waals surface area contributed by atoms with E-state index in [1.807, 2.05) is 0 Å². The van der Waals surface area contributed by atoms with Gasteiger partial charge >= 0.3 is 5.97 Å². The molecule has 8 rings (SSSR count). The maximum absolute atomic E-state index is 14.7. The van der Waals surface area contributed by atoms with Crippen LogP contribution < -0.4 is 5.11 Å². The lowest BCUT2D eigenvalue weighted by Gasteiger charge is -2.71. The third kappa shape index (κ3) is 8.06. The number of allylic oxidation sites excluding steroid dienone is 2. The molecule has 0 aromatic carbocycles. The summed E-state index contributed by atoms with van der Waals surface area (Å²) in [4.78, 5) is 27.0. The first-order chi connectivity index (χ1) is 31.2. The van der Waals surface area contributed by atoms with Crippen molar-refractivity contribution in [2.75, 3.05) is 13.2 Å². The average molecular weight is 956 g/mol. The minimum absolute atomic E-state index is 0.0821. The van der Waals surface area contributed by atoms with Gasteiger partial charge in [-0.2, -0.15) is 0 Å². The lowest BCUT2D eigenvalue weighted by Crippen LogP contribution is -2.68. The van der Waals surface area contributed by atoms with Gasteiger partial charge in [-0.25, -0.2) is 0 Å². The van der Waals surface area contributed by atoms with Crippen molar-refractivity contribution in [1.29, 1.82) is 0 Å². The first kappa shape index (κ1) is 51.4. The van der Waals surface area contributed by atoms with E-state index in [4.69, 9.17) is 28.4 Å². The number of rotatable bonds is 9. The number of carboxylic acid groups (broad SMARTS) is 1. The van der Waals surface area contributed by atoms with Gasteiger partial charge in [-0.1, -0.05) is 60.1 Å². The molecular weight excluding hydrogens is 881 g/mol. The number of aliphatic hydroxyl groups excluding tert-OH is 10. The average Bonchev–Trinajstić information content (AvgIpc) is 3.26. The Bertz CT molecular complexity index is 1870. The van der Waals surface area contributed by atoms with Crippen molar-refractivity contribution in [2.45, 2.75) is 211 Å². The van der Waals surface area contributed by atoms with Crippen LogP contribution in [-0.2, 0) is 38.0 Å². The Morgan fingerprint density at radius 1 is 0.657 bits per heavy atom. The number of esters is 1. The Hall–Kier alpha value is -1.92. The van der Waals surface area contributed by atoms with Crippen LogP contribution in [0.15, 0.2) is 11.6 Å². The number of carboxylic acids is 1. The Morgan fingerprint density at radius 2 is 1.24 bits per heavy atom. The first-order valence-corrected chi connectivity index (χ1v) is 24.3. The van der Waals surface area contributed by atoms with Crippen molar-refractivity contribution in [3.63, 3.8) is 0 Å². The van der Waals surface area contributed by atoms with Gasteiger partial charge < -0.3 is 89.4 Å². The van der Waals surface area contributed by atoms with Crippen molar-refractivity contribution in [3.8, 4) is 0 Å². The molecule has 19 nitrogen and oxygen atoms in total. The van der Waals surface area contributed by atoms with Crippen LogP contribution in [0.4, 0.5) is 0 Å². The Morgan fingerprint density at radius 3 is 1.85 bits per heavy atom. The lowest BCUT2D eigenvalue weighted by molar-refractivity contribution is -0.381. The molecule has 7 fully saturated rings. The third-order valence-corrected chi connectivity index (χ3v) is 19.3. The molecule has 0 radical (unpaired) electrons. The minimum Gasteiger partial charge on any atom is -0.547 e. The molecule has 382 valence electrons. The molecule has 0 spiro atoms. The molecular formula is C48H75O19-. The van der Waals surface area contributed by atoms with E-state index < -0.39 is 134 Å². The SMILES string of the molecule is CC1(C)CC[C@]2(C(=O)O[C@@H]3O[C@H](CO)[C@@H](O)[C@H](O)[C@H]3O)CC[C@]3(C)C(=CC[C@@H]4[C@@]5(C)CC[C@H](O[C@@H]6O[C@H](C(=O)[O-])[C@@H](O)[C@H](O[C@@H]7O[C@H](CO)[C@H](O)[C@H](O)[C@H]7O)[C@H]6O)C(C)(C)[C@@H]5CC[C@]43C)[C@@H]2C1. The van der Waals surface area contributed by atoms with Gasteiger partial charge in [-0.15, -0.1) is 0 Å². The highest BCUT2D eigenvalue weighted by atomic mass is 16.7. The summed E-state index contributed by atoms with van der Waals surface area (Å²) in [5, 5.41) is 118. The minimum atomic E-state index is -2.03. The van der Waals surface area contributed by atoms with E-state index in [0.29, 0.717) is 25.7 Å². The van der Waals surface area contributed by atoms with Crippen LogP contribution in [0, 0.1) is 50.2 Å². The number of fused-ring (bicyclic) bond motifs is 7. The molecule has 0 bridgehead atoms. The zero-order valence-electron chi connectivity index (χ0n) is 39.7. The predicted octanol–water partition coefficient (Wildman–Crippen LogP) is -1.10. The zero-order chi connectivity index (χ0) is 49.1. The number of carbonyl (C=O) groups excluding carboxylic acids is 2. The molecule has 3 aliphatic heterocycles. The van der Waals surface area contributed by atoms with Gasteiger partial charge in [0.05, 0.1) is 30.7 Å². The van der Waals surface area contributed by atoms with Crippen LogP contribution >= 0.6 is 0 Å². The number of hydrogen-bond acceptors (Lipinski definition) is 19. The molecule has 4 saturated carbocycles. The van der Waals surface area contributed by atoms with Crippen molar-refractivity contribution >= 4 is 11.9 Å². The summed E-state index contributed by atoms with van der Waals surface area (Å²) in [5.74, 6) is -2.19. The summed E-state index contributed by atoms with van der Waals surface area (Å²) in [7, 11) is 0. The largest absolute Gasteiger partial charge is 0.547 e. The van der Waals surface area contributed by atoms with E-state index >= 15 is 0 Å². The summed E-state index contributed by atoms with van der Waals surface area (Å²) in [5.41, 5.74) is -1.03. The number of aliphatic hydroxyl groups is 10. The fourth-order valence-electron chi connectivity index (χ4n) is 15.0. The smallest absolute Gasteiger partial charge is 0.315 e. The van der Waals surface area contributed by atoms with Crippen molar-refractivity contribution in [2.24, 2.45) is 50.2 Å². The zero-order valence-corrected chi connectivity index (χ0v) is 39.7. The van der Waals surface area contributed by atoms with Crippen LogP contribution in [0.25, 0.3) is 0 Å². The Labute approximate surface area is 391 Å². The van der Waals surface area contributed by atoms with Gasteiger partial charge in [-0.3, -0.25) is 4.79 Å². The molecule has 0 unspecified atom stereocenters. The topological polar surface area (TPSA) is 315 Å². The molecule has 8 aliphatic rings. The molecule has 67 heavy (non-hydrogen) atoms. The maximum atomic E-state index is 14.7. The number of ether oxygens (including phenoxy) is 6. The third-order valence-electron chi connectivity index (χ3n) is 19.3. The molecule has 23 atom stereocenters. The highest BCUT2D eigenvalue weighted by molar-refractivity contribution is 5.79. The summed E-state index contributed by atoms with van der Waals surface area (Å²) in [6.45, 7) is 14.4. The van der Waals surface area contributed by atoms with Crippen LogP contribution in [-0.4, -0.2) is 174 Å². The molecule has 5 aliphatic carbocycles. The highest BCUT2D eigenvalue weighted by Crippen LogP contribution is 2.76. The van der Waals surface area contributed by atoms with Gasteiger partial charge in [0.15, 0.2) is 12.6 Å². The fourth-order valence-corrected chi connectivity index (χ4v) is 15.0. The number of hydrogen-bond donors (Lipinski definition) is 10. The van der Waals surface area contributed by atoms with Gasteiger partial charge in [0.2, 0.25) is 6.29 Å². The monoisotopic (exact) mass is 955 g/mol. The van der Waals surface area contributed by atoms with E-state index in [-0.39, 0.29) is 39.4 Å². The van der Waals surface area contributed by atoms with Crippen LogP contribution in [0.1, 0.15) is 113 Å². The second-order valence-corrected chi connectivity index (χ2v) is 23.5. The van der Waals surface area contributed by atoms with Crippen LogP contribution in [0.3, 0.4) is 0 Å². The summed E-state index contributed by atoms with van der Waals surface area (Å²) in [6, 6.07) is 0. The van der Waals surface area contributed by atoms with Gasteiger partial charge in [0.1, 0.15) is 73.2 Å². The standard InChI is InChI=1S/C48H76O19/c1-43(2)14-16-48(42(61)67-40-33(56)31(54)29(52)24(20-50)63-40)17-15-46(6)21(22(48)18-43)8-9-26-45(5)12-11-27(44(3,4)25(45)10-13-47(26,46)7)64-41-35(58)36(34(57)37(66-41)38(59)60)65-39-32(55)30(53)28(51)23(19-49)62-39/h8,22-37,39-41,49-58H,9-20H2,1-7H3,(H,59,60)/p-1/t22-,23+,24+,25-,26+,27-,28-,29+,30-,31-,32+,33+,34-,35+,36-,37-,39-,40-,41+,45-,46+,47+,48-/m0/s1. The van der Waals surface area contributed by atoms with Gasteiger partial charge in [0, 0.05) is 0 Å². The van der Waals surface area contributed by atoms with Crippen molar-refractivity contribution in [3.05, 3.63) is 11.6 Å².